The van der Waals surface area contributed by atoms with E-state index in [9.17, 15) is 13.2 Å². The van der Waals surface area contributed by atoms with Gasteiger partial charge in [-0.25, -0.2) is 0 Å². The molecule has 0 aliphatic carbocycles. The number of halogens is 3. The van der Waals surface area contributed by atoms with E-state index in [1.807, 2.05) is 11.7 Å². The van der Waals surface area contributed by atoms with Gasteiger partial charge in [-0.15, -0.1) is 0 Å². The molecule has 1 aromatic carbocycles. The van der Waals surface area contributed by atoms with Crippen molar-refractivity contribution in [1.82, 2.24) is 20.4 Å². The number of nitrogens with one attached hydrogen (secondary N) is 2. The zero-order chi connectivity index (χ0) is 21.4. The molecular formula is C20H28F3N5O. The van der Waals surface area contributed by atoms with Crippen molar-refractivity contribution >= 4 is 5.96 Å². The molecule has 0 unspecified atom stereocenters. The summed E-state index contributed by atoms with van der Waals surface area (Å²) >= 11 is 0. The number of rotatable bonds is 8. The number of benzene rings is 1. The lowest BCUT2D eigenvalue weighted by Crippen LogP contribution is -2.36. The quantitative estimate of drug-likeness (QED) is 0.517. The highest BCUT2D eigenvalue weighted by molar-refractivity contribution is 5.79. The summed E-state index contributed by atoms with van der Waals surface area (Å²) in [5, 5.41) is 11.1. The molecule has 0 spiro atoms. The van der Waals surface area contributed by atoms with Gasteiger partial charge in [-0.2, -0.15) is 18.3 Å². The first-order chi connectivity index (χ1) is 13.8. The predicted octanol–water partition coefficient (Wildman–Crippen LogP) is 3.35. The average molecular weight is 411 g/mol. The third kappa shape index (κ3) is 6.69. The van der Waals surface area contributed by atoms with E-state index in [2.05, 4.69) is 34.6 Å². The molecular weight excluding hydrogens is 383 g/mol. The Kier molecular flexibility index (Phi) is 7.92. The van der Waals surface area contributed by atoms with Gasteiger partial charge >= 0.3 is 6.18 Å². The average Bonchev–Trinajstić information content (AvgIpc) is 3.01. The fraction of sp³-hybridized carbons (Fsp3) is 0.500. The summed E-state index contributed by atoms with van der Waals surface area (Å²) in [6.07, 6.45) is -2.59. The number of alkyl halides is 3. The van der Waals surface area contributed by atoms with Crippen LogP contribution in [0.2, 0.25) is 0 Å². The fourth-order valence-corrected chi connectivity index (χ4v) is 3.04. The van der Waals surface area contributed by atoms with Gasteiger partial charge in [-0.3, -0.25) is 9.67 Å². The van der Waals surface area contributed by atoms with E-state index in [4.69, 9.17) is 4.74 Å². The van der Waals surface area contributed by atoms with Gasteiger partial charge in [0.25, 0.3) is 0 Å². The van der Waals surface area contributed by atoms with Crippen LogP contribution in [0, 0.1) is 0 Å². The fourth-order valence-electron chi connectivity index (χ4n) is 3.04. The van der Waals surface area contributed by atoms with Crippen molar-refractivity contribution in [2.75, 3.05) is 13.7 Å². The van der Waals surface area contributed by atoms with Gasteiger partial charge in [0.05, 0.1) is 5.69 Å². The molecule has 0 radical (unpaired) electrons. The Morgan fingerprint density at radius 3 is 2.31 bits per heavy atom. The summed E-state index contributed by atoms with van der Waals surface area (Å²) in [5.41, 5.74) is 4.35. The van der Waals surface area contributed by atoms with Gasteiger partial charge < -0.3 is 15.4 Å². The third-order valence-electron chi connectivity index (χ3n) is 4.47. The predicted molar refractivity (Wildman–Crippen MR) is 107 cm³/mol. The molecule has 1 aromatic heterocycles. The number of aryl methyl sites for hydroxylation is 2. The largest absolute Gasteiger partial charge is 0.484 e. The minimum absolute atomic E-state index is 0.185. The van der Waals surface area contributed by atoms with E-state index in [1.54, 1.807) is 19.2 Å². The molecule has 29 heavy (non-hydrogen) atoms. The summed E-state index contributed by atoms with van der Waals surface area (Å²) in [6, 6.07) is 6.49. The lowest BCUT2D eigenvalue weighted by atomic mass is 10.1. The molecule has 0 aliphatic rings. The summed E-state index contributed by atoms with van der Waals surface area (Å²) in [7, 11) is 3.64. The Hall–Kier alpha value is -2.71. The molecule has 0 atom stereocenters. The highest BCUT2D eigenvalue weighted by Crippen LogP contribution is 2.19. The molecule has 0 aliphatic heterocycles. The normalized spacial score (nSPS) is 12.2. The maximum atomic E-state index is 12.2. The number of ether oxygens (including phenoxy) is 1. The van der Waals surface area contributed by atoms with E-state index < -0.39 is 12.8 Å². The third-order valence-corrected chi connectivity index (χ3v) is 4.47. The first kappa shape index (κ1) is 22.6. The van der Waals surface area contributed by atoms with Gasteiger partial charge in [-0.05, 0) is 30.5 Å². The Balaban J connectivity index is 1.90. The van der Waals surface area contributed by atoms with Crippen molar-refractivity contribution in [3.8, 4) is 5.75 Å². The Bertz CT molecular complexity index is 813. The zero-order valence-corrected chi connectivity index (χ0v) is 17.2. The van der Waals surface area contributed by atoms with Crippen molar-refractivity contribution in [1.29, 1.82) is 0 Å². The molecule has 0 fully saturated rings. The van der Waals surface area contributed by atoms with Crippen LogP contribution in [0.1, 0.15) is 36.4 Å². The van der Waals surface area contributed by atoms with Crippen molar-refractivity contribution in [2.24, 2.45) is 12.0 Å². The smallest absolute Gasteiger partial charge is 0.422 e. The van der Waals surface area contributed by atoms with Crippen LogP contribution in [-0.2, 0) is 33.0 Å². The summed E-state index contributed by atoms with van der Waals surface area (Å²) in [5.74, 6) is 0.819. The molecule has 9 heteroatoms. The first-order valence-electron chi connectivity index (χ1n) is 9.54. The monoisotopic (exact) mass is 411 g/mol. The second-order valence-corrected chi connectivity index (χ2v) is 6.53. The Morgan fingerprint density at radius 2 is 1.76 bits per heavy atom. The molecule has 2 rings (SSSR count). The highest BCUT2D eigenvalue weighted by atomic mass is 19.4. The SMILES string of the molecule is CCc1nn(C)c(CC)c1CNC(=NC)NCc1ccc(OCC(F)(F)F)cc1. The molecule has 0 saturated heterocycles. The highest BCUT2D eigenvalue weighted by Gasteiger charge is 2.28. The van der Waals surface area contributed by atoms with Crippen molar-refractivity contribution in [3.63, 3.8) is 0 Å². The maximum absolute atomic E-state index is 12.2. The zero-order valence-electron chi connectivity index (χ0n) is 17.2. The molecule has 0 amide bonds. The minimum Gasteiger partial charge on any atom is -0.484 e. The number of hydrogen-bond acceptors (Lipinski definition) is 3. The van der Waals surface area contributed by atoms with Crippen LogP contribution in [-0.4, -0.2) is 35.6 Å². The Labute approximate surface area is 169 Å². The van der Waals surface area contributed by atoms with Crippen LogP contribution >= 0.6 is 0 Å². The number of guanidine groups is 1. The van der Waals surface area contributed by atoms with Gasteiger partial charge in [0.15, 0.2) is 12.6 Å². The van der Waals surface area contributed by atoms with Gasteiger partial charge in [-0.1, -0.05) is 26.0 Å². The lowest BCUT2D eigenvalue weighted by molar-refractivity contribution is -0.153. The van der Waals surface area contributed by atoms with E-state index in [0.717, 1.165) is 24.1 Å². The van der Waals surface area contributed by atoms with E-state index in [0.29, 0.717) is 19.0 Å². The van der Waals surface area contributed by atoms with Crippen molar-refractivity contribution in [3.05, 3.63) is 46.8 Å². The second kappa shape index (κ2) is 10.2. The number of aliphatic imine (C=N–C) groups is 1. The molecule has 160 valence electrons. The van der Waals surface area contributed by atoms with E-state index in [1.165, 1.54) is 23.4 Å². The van der Waals surface area contributed by atoms with E-state index >= 15 is 0 Å². The minimum atomic E-state index is -4.35. The van der Waals surface area contributed by atoms with Crippen LogP contribution in [0.3, 0.4) is 0 Å². The van der Waals surface area contributed by atoms with Gasteiger partial charge in [0.1, 0.15) is 5.75 Å². The maximum Gasteiger partial charge on any atom is 0.422 e. The number of aromatic nitrogens is 2. The van der Waals surface area contributed by atoms with Crippen LogP contribution in [0.25, 0.3) is 0 Å². The molecule has 0 saturated carbocycles. The number of nitrogens with zero attached hydrogens (tertiary/aromatic N) is 3. The van der Waals surface area contributed by atoms with Crippen LogP contribution in [0.5, 0.6) is 5.75 Å². The summed E-state index contributed by atoms with van der Waals surface area (Å²) in [6.45, 7) is 3.99. The van der Waals surface area contributed by atoms with E-state index in [-0.39, 0.29) is 5.75 Å². The first-order valence-corrected chi connectivity index (χ1v) is 9.54. The van der Waals surface area contributed by atoms with Crippen molar-refractivity contribution in [2.45, 2.75) is 46.0 Å². The molecule has 6 nitrogen and oxygen atoms in total. The summed E-state index contributed by atoms with van der Waals surface area (Å²) in [4.78, 5) is 4.23. The van der Waals surface area contributed by atoms with Gasteiger partial charge in [0, 0.05) is 38.4 Å². The second-order valence-electron chi connectivity index (χ2n) is 6.53. The molecule has 1 heterocycles. The van der Waals surface area contributed by atoms with Crippen LogP contribution in [0.15, 0.2) is 29.3 Å². The summed E-state index contributed by atoms with van der Waals surface area (Å²) < 4.78 is 43.2. The van der Waals surface area contributed by atoms with Crippen LogP contribution < -0.4 is 15.4 Å². The van der Waals surface area contributed by atoms with Gasteiger partial charge in [0.2, 0.25) is 0 Å². The van der Waals surface area contributed by atoms with Crippen LogP contribution in [0.4, 0.5) is 13.2 Å². The Morgan fingerprint density at radius 1 is 1.10 bits per heavy atom. The number of hydrogen-bond donors (Lipinski definition) is 2. The molecule has 2 aromatic rings. The molecule has 0 bridgehead atoms. The lowest BCUT2D eigenvalue weighted by Gasteiger charge is -2.13. The van der Waals surface area contributed by atoms with Crippen molar-refractivity contribution < 1.29 is 17.9 Å². The molecule has 2 N–H and O–H groups in total. The topological polar surface area (TPSA) is 63.5 Å². The standard InChI is InChI=1S/C20H28F3N5O/c1-5-17-16(18(6-2)28(4)27-17)12-26-19(24-3)25-11-14-7-9-15(10-8-14)29-13-20(21,22)23/h7-10H,5-6,11-13H2,1-4H3,(H2,24,25,26).